The second-order valence-corrected chi connectivity index (χ2v) is 4.89. The van der Waals surface area contributed by atoms with Crippen LogP contribution in [0.1, 0.15) is 52.9 Å². The Morgan fingerprint density at radius 1 is 1.57 bits per heavy atom. The van der Waals surface area contributed by atoms with Gasteiger partial charge in [-0.15, -0.1) is 0 Å². The lowest BCUT2D eigenvalue weighted by Crippen LogP contribution is -2.13. The Morgan fingerprint density at radius 3 is 2.71 bits per heavy atom. The number of nitriles is 1. The van der Waals surface area contributed by atoms with E-state index in [1.807, 2.05) is 0 Å². The molecule has 78 valence electrons. The standard InChI is InChI=1S/C13H21N/c1-4-12-6-8-13(9-12,10-14)7-5-11(2)3/h5,12H,4,6-9H2,1-3H3. The molecule has 0 heterocycles. The maximum absolute atomic E-state index is 9.26. The van der Waals surface area contributed by atoms with Crippen LogP contribution in [-0.4, -0.2) is 0 Å². The van der Waals surface area contributed by atoms with Crippen molar-refractivity contribution in [2.75, 3.05) is 0 Å². The summed E-state index contributed by atoms with van der Waals surface area (Å²) in [6.07, 6.45) is 7.89. The van der Waals surface area contributed by atoms with Crippen LogP contribution in [0.2, 0.25) is 0 Å². The van der Waals surface area contributed by atoms with E-state index in [-0.39, 0.29) is 5.41 Å². The fourth-order valence-electron chi connectivity index (χ4n) is 2.32. The number of hydrogen-bond acceptors (Lipinski definition) is 1. The Kier molecular flexibility index (Phi) is 3.75. The van der Waals surface area contributed by atoms with Gasteiger partial charge in [-0.25, -0.2) is 0 Å². The highest BCUT2D eigenvalue weighted by Crippen LogP contribution is 2.45. The molecule has 1 aliphatic rings. The van der Waals surface area contributed by atoms with Crippen molar-refractivity contribution < 1.29 is 0 Å². The average molecular weight is 191 g/mol. The summed E-state index contributed by atoms with van der Waals surface area (Å²) in [7, 11) is 0. The predicted molar refractivity (Wildman–Crippen MR) is 59.7 cm³/mol. The summed E-state index contributed by atoms with van der Waals surface area (Å²) >= 11 is 0. The van der Waals surface area contributed by atoms with Crippen molar-refractivity contribution in [3.8, 4) is 6.07 Å². The van der Waals surface area contributed by atoms with Crippen molar-refractivity contribution in [2.24, 2.45) is 11.3 Å². The molecule has 1 rings (SSSR count). The van der Waals surface area contributed by atoms with Crippen LogP contribution in [0.15, 0.2) is 11.6 Å². The first-order valence-electron chi connectivity index (χ1n) is 5.66. The molecule has 2 unspecified atom stereocenters. The molecule has 2 atom stereocenters. The molecule has 0 aromatic rings. The third-order valence-electron chi connectivity index (χ3n) is 3.43. The molecule has 0 N–H and O–H groups in total. The van der Waals surface area contributed by atoms with Crippen LogP contribution in [-0.2, 0) is 0 Å². The van der Waals surface area contributed by atoms with Gasteiger partial charge in [0.25, 0.3) is 0 Å². The molecule has 1 aliphatic carbocycles. The van der Waals surface area contributed by atoms with Crippen LogP contribution in [0.4, 0.5) is 0 Å². The van der Waals surface area contributed by atoms with Gasteiger partial charge in [0.15, 0.2) is 0 Å². The third kappa shape index (κ3) is 2.61. The molecule has 0 aromatic heterocycles. The van der Waals surface area contributed by atoms with Crippen molar-refractivity contribution in [1.29, 1.82) is 5.26 Å². The lowest BCUT2D eigenvalue weighted by molar-refractivity contribution is 0.387. The van der Waals surface area contributed by atoms with Gasteiger partial charge in [0.1, 0.15) is 0 Å². The fraction of sp³-hybridized carbons (Fsp3) is 0.769. The second-order valence-electron chi connectivity index (χ2n) is 4.89. The summed E-state index contributed by atoms with van der Waals surface area (Å²) in [6.45, 7) is 6.45. The normalized spacial score (nSPS) is 31.1. The highest BCUT2D eigenvalue weighted by molar-refractivity contribution is 5.09. The minimum atomic E-state index is -0.0298. The van der Waals surface area contributed by atoms with E-state index in [1.54, 1.807) is 0 Å². The summed E-state index contributed by atoms with van der Waals surface area (Å²) in [4.78, 5) is 0. The topological polar surface area (TPSA) is 23.8 Å². The molecular formula is C13H21N. The van der Waals surface area contributed by atoms with Crippen LogP contribution in [0.25, 0.3) is 0 Å². The molecule has 0 bridgehead atoms. The van der Waals surface area contributed by atoms with Gasteiger partial charge >= 0.3 is 0 Å². The molecule has 1 fully saturated rings. The highest BCUT2D eigenvalue weighted by atomic mass is 14.4. The first-order valence-corrected chi connectivity index (χ1v) is 5.66. The Bertz CT molecular complexity index is 255. The first-order chi connectivity index (χ1) is 6.62. The van der Waals surface area contributed by atoms with Crippen LogP contribution in [0.5, 0.6) is 0 Å². The van der Waals surface area contributed by atoms with Crippen LogP contribution >= 0.6 is 0 Å². The van der Waals surface area contributed by atoms with E-state index in [0.717, 1.165) is 25.2 Å². The quantitative estimate of drug-likeness (QED) is 0.617. The SMILES string of the molecule is CCC1CCC(C#N)(CC=C(C)C)C1. The second kappa shape index (κ2) is 4.64. The van der Waals surface area contributed by atoms with Gasteiger partial charge in [0, 0.05) is 0 Å². The summed E-state index contributed by atoms with van der Waals surface area (Å²) in [5, 5.41) is 9.26. The Labute approximate surface area is 87.8 Å². The zero-order valence-electron chi connectivity index (χ0n) is 9.64. The number of allylic oxidation sites excluding steroid dienone is 2. The van der Waals surface area contributed by atoms with Gasteiger partial charge in [-0.05, 0) is 45.4 Å². The van der Waals surface area contributed by atoms with Gasteiger partial charge in [-0.2, -0.15) is 5.26 Å². The van der Waals surface area contributed by atoms with Crippen molar-refractivity contribution in [3.63, 3.8) is 0 Å². The van der Waals surface area contributed by atoms with E-state index in [4.69, 9.17) is 0 Å². The Hall–Kier alpha value is -0.770. The smallest absolute Gasteiger partial charge is 0.0693 e. The molecule has 0 spiro atoms. The molecule has 1 nitrogen and oxygen atoms in total. The van der Waals surface area contributed by atoms with Gasteiger partial charge < -0.3 is 0 Å². The van der Waals surface area contributed by atoms with Gasteiger partial charge in [-0.3, -0.25) is 0 Å². The molecule has 0 aromatic carbocycles. The number of rotatable bonds is 3. The van der Waals surface area contributed by atoms with Crippen molar-refractivity contribution in [1.82, 2.24) is 0 Å². The molecule has 14 heavy (non-hydrogen) atoms. The lowest BCUT2D eigenvalue weighted by atomic mass is 9.82. The molecule has 0 radical (unpaired) electrons. The zero-order valence-corrected chi connectivity index (χ0v) is 9.64. The minimum absolute atomic E-state index is 0.0298. The van der Waals surface area contributed by atoms with E-state index in [2.05, 4.69) is 32.9 Å². The first kappa shape index (κ1) is 11.3. The molecule has 0 aliphatic heterocycles. The molecular weight excluding hydrogens is 170 g/mol. The van der Waals surface area contributed by atoms with Crippen molar-refractivity contribution in [3.05, 3.63) is 11.6 Å². The lowest BCUT2D eigenvalue weighted by Gasteiger charge is -2.18. The maximum atomic E-state index is 9.26. The molecule has 1 heteroatoms. The highest BCUT2D eigenvalue weighted by Gasteiger charge is 2.37. The van der Waals surface area contributed by atoms with Crippen LogP contribution in [0.3, 0.4) is 0 Å². The van der Waals surface area contributed by atoms with Gasteiger partial charge in [-0.1, -0.05) is 25.0 Å². The third-order valence-corrected chi connectivity index (χ3v) is 3.43. The summed E-state index contributed by atoms with van der Waals surface area (Å²) in [5.74, 6) is 0.792. The van der Waals surface area contributed by atoms with Crippen molar-refractivity contribution >= 4 is 0 Å². The predicted octanol–water partition coefficient (Wildman–Crippen LogP) is 4.06. The van der Waals surface area contributed by atoms with E-state index in [0.29, 0.717) is 0 Å². The van der Waals surface area contributed by atoms with Crippen LogP contribution in [0, 0.1) is 22.7 Å². The largest absolute Gasteiger partial charge is 0.198 e. The van der Waals surface area contributed by atoms with Gasteiger partial charge in [0.2, 0.25) is 0 Å². The van der Waals surface area contributed by atoms with Crippen molar-refractivity contribution in [2.45, 2.75) is 52.9 Å². The molecule has 0 amide bonds. The van der Waals surface area contributed by atoms with E-state index in [9.17, 15) is 5.26 Å². The summed E-state index contributed by atoms with van der Waals surface area (Å²) in [5.41, 5.74) is 1.30. The number of hydrogen-bond donors (Lipinski definition) is 0. The number of nitrogens with zero attached hydrogens (tertiary/aromatic N) is 1. The van der Waals surface area contributed by atoms with E-state index in [1.165, 1.54) is 18.4 Å². The molecule has 0 saturated heterocycles. The Balaban J connectivity index is 2.62. The zero-order chi connectivity index (χ0) is 10.6. The summed E-state index contributed by atoms with van der Waals surface area (Å²) < 4.78 is 0. The van der Waals surface area contributed by atoms with E-state index >= 15 is 0 Å². The minimum Gasteiger partial charge on any atom is -0.198 e. The Morgan fingerprint density at radius 2 is 2.29 bits per heavy atom. The average Bonchev–Trinajstić information content (AvgIpc) is 2.59. The van der Waals surface area contributed by atoms with Crippen LogP contribution < -0.4 is 0 Å². The monoisotopic (exact) mass is 191 g/mol. The fourth-order valence-corrected chi connectivity index (χ4v) is 2.32. The maximum Gasteiger partial charge on any atom is 0.0693 e. The van der Waals surface area contributed by atoms with Gasteiger partial charge in [0.05, 0.1) is 11.5 Å². The van der Waals surface area contributed by atoms with E-state index < -0.39 is 0 Å². The molecule has 1 saturated carbocycles. The summed E-state index contributed by atoms with van der Waals surface area (Å²) in [6, 6.07) is 2.55.